The Balaban J connectivity index is 1.30. The average molecular weight is 573 g/mol. The van der Waals surface area contributed by atoms with Crippen molar-refractivity contribution in [2.24, 2.45) is 46.2 Å². The van der Waals surface area contributed by atoms with Gasteiger partial charge in [-0.2, -0.15) is 0 Å². The van der Waals surface area contributed by atoms with Gasteiger partial charge in [0.15, 0.2) is 0 Å². The maximum atomic E-state index is 14.2. The molecule has 0 aromatic carbocycles. The Morgan fingerprint density at radius 1 is 1.00 bits per heavy atom. The van der Waals surface area contributed by atoms with Gasteiger partial charge in [0.2, 0.25) is 0 Å². The lowest BCUT2D eigenvalue weighted by Gasteiger charge is -2.58. The Labute approximate surface area is 250 Å². The summed E-state index contributed by atoms with van der Waals surface area (Å²) in [5.41, 5.74) is 11.9. The van der Waals surface area contributed by atoms with Crippen molar-refractivity contribution in [1.82, 2.24) is 5.32 Å². The van der Waals surface area contributed by atoms with Crippen LogP contribution in [0.3, 0.4) is 0 Å². The molecule has 0 aromatic heterocycles. The molecule has 2 bridgehead atoms. The number of carbonyl (C=O) groups excluding carboxylic acids is 2. The van der Waals surface area contributed by atoms with Gasteiger partial charge in [-0.3, -0.25) is 0 Å². The SMILES string of the molecule is CCCC=C1OC(=O)C2=C(CC3CCNC(N)C3)[C@H]3CC[C@@]12[C@H]1C2=C4C(=C(C5(CC)CCCC5)CC[C@@H]4C[C@H]31)OC2=O. The zero-order chi connectivity index (χ0) is 28.8. The highest BCUT2D eigenvalue weighted by Crippen LogP contribution is 2.72. The number of carbonyl (C=O) groups is 2. The molecule has 2 saturated heterocycles. The summed E-state index contributed by atoms with van der Waals surface area (Å²) >= 11 is 0. The van der Waals surface area contributed by atoms with Gasteiger partial charge in [0.25, 0.3) is 0 Å². The van der Waals surface area contributed by atoms with E-state index in [1.54, 1.807) is 0 Å². The molecule has 6 heteroatoms. The predicted octanol–water partition coefficient (Wildman–Crippen LogP) is 6.73. The number of piperidine rings is 1. The third-order valence-electron chi connectivity index (χ3n) is 13.2. The first-order chi connectivity index (χ1) is 20.4. The highest BCUT2D eigenvalue weighted by molar-refractivity contribution is 6.00. The predicted molar refractivity (Wildman–Crippen MR) is 160 cm³/mol. The summed E-state index contributed by atoms with van der Waals surface area (Å²) in [7, 11) is 0. The molecule has 0 amide bonds. The van der Waals surface area contributed by atoms with E-state index in [-0.39, 0.29) is 29.4 Å². The standard InChI is InChI=1S/C36H48N2O4/c1-3-5-8-26-36-15-11-22(23(31(36)34(40)41-26)17-20-12-16-38-27(37)18-20)24-19-21-9-10-25(35(4-2)13-6-7-14-35)32-28(21)29(30(24)36)33(39)42-32/h8,20-22,24,27,30,38H,3-7,9-19,37H2,1-2H3/t20?,21-,22-,24-,27?,30-,36+/m1/s1. The minimum atomic E-state index is -0.523. The molecule has 3 heterocycles. The van der Waals surface area contributed by atoms with E-state index in [2.05, 4.69) is 25.2 Å². The van der Waals surface area contributed by atoms with Gasteiger partial charge in [0, 0.05) is 17.1 Å². The number of unbranched alkanes of at least 4 members (excludes halogenated alkanes) is 1. The molecule has 1 spiro atoms. The zero-order valence-electron chi connectivity index (χ0n) is 25.6. The number of rotatable bonds is 6. The summed E-state index contributed by atoms with van der Waals surface area (Å²) in [5, 5.41) is 3.40. The third-order valence-corrected chi connectivity index (χ3v) is 13.2. The van der Waals surface area contributed by atoms with Crippen LogP contribution in [-0.4, -0.2) is 24.6 Å². The fourth-order valence-corrected chi connectivity index (χ4v) is 11.5. The highest BCUT2D eigenvalue weighted by atomic mass is 16.6. The maximum absolute atomic E-state index is 14.2. The summed E-state index contributed by atoms with van der Waals surface area (Å²) in [6, 6.07) is 0. The van der Waals surface area contributed by atoms with Crippen molar-refractivity contribution < 1.29 is 19.1 Å². The van der Waals surface area contributed by atoms with Gasteiger partial charge < -0.3 is 20.5 Å². The van der Waals surface area contributed by atoms with Crippen LogP contribution in [0.1, 0.15) is 110 Å². The number of ether oxygens (including phenoxy) is 2. The van der Waals surface area contributed by atoms with E-state index in [9.17, 15) is 9.59 Å². The molecule has 7 atom stereocenters. The van der Waals surface area contributed by atoms with E-state index >= 15 is 0 Å². The topological polar surface area (TPSA) is 90.7 Å². The number of hydrogen-bond acceptors (Lipinski definition) is 6. The minimum Gasteiger partial charge on any atom is -0.427 e. The quantitative estimate of drug-likeness (QED) is 0.343. The van der Waals surface area contributed by atoms with Crippen molar-refractivity contribution >= 4 is 11.9 Å². The largest absolute Gasteiger partial charge is 0.427 e. The molecule has 0 aromatic rings. The lowest BCUT2D eigenvalue weighted by Crippen LogP contribution is -2.54. The summed E-state index contributed by atoms with van der Waals surface area (Å²) in [5.74, 6) is 3.07. The third kappa shape index (κ3) is 3.63. The Kier molecular flexibility index (Phi) is 6.46. The van der Waals surface area contributed by atoms with Crippen LogP contribution in [0, 0.1) is 40.4 Å². The first-order valence-corrected chi connectivity index (χ1v) is 17.3. The first kappa shape index (κ1) is 27.4. The molecule has 4 fully saturated rings. The van der Waals surface area contributed by atoms with Crippen molar-refractivity contribution in [3.63, 3.8) is 0 Å². The van der Waals surface area contributed by atoms with Crippen molar-refractivity contribution in [3.8, 4) is 0 Å². The summed E-state index contributed by atoms with van der Waals surface area (Å²) < 4.78 is 12.7. The second kappa shape index (κ2) is 9.92. The fraction of sp³-hybridized carbons (Fsp3) is 0.722. The number of nitrogens with two attached hydrogens (primary N) is 1. The van der Waals surface area contributed by atoms with Crippen LogP contribution < -0.4 is 11.1 Å². The minimum absolute atomic E-state index is 0.0170. The molecule has 3 aliphatic heterocycles. The molecule has 3 N–H and O–H groups in total. The van der Waals surface area contributed by atoms with Gasteiger partial charge in [0.1, 0.15) is 11.5 Å². The fourth-order valence-electron chi connectivity index (χ4n) is 11.5. The van der Waals surface area contributed by atoms with Crippen LogP contribution in [-0.2, 0) is 19.1 Å². The smallest absolute Gasteiger partial charge is 0.340 e. The molecule has 2 saturated carbocycles. The highest BCUT2D eigenvalue weighted by Gasteiger charge is 2.69. The van der Waals surface area contributed by atoms with E-state index in [1.807, 2.05) is 0 Å². The Morgan fingerprint density at radius 3 is 2.60 bits per heavy atom. The van der Waals surface area contributed by atoms with Gasteiger partial charge in [-0.05, 0) is 124 Å². The van der Waals surface area contributed by atoms with Crippen LogP contribution in [0.5, 0.6) is 0 Å². The molecular formula is C36H48N2O4. The van der Waals surface area contributed by atoms with Gasteiger partial charge >= 0.3 is 11.9 Å². The lowest BCUT2D eigenvalue weighted by molar-refractivity contribution is -0.135. The Hall–Kier alpha value is -2.18. The first-order valence-electron chi connectivity index (χ1n) is 17.3. The summed E-state index contributed by atoms with van der Waals surface area (Å²) in [6.45, 7) is 5.43. The Bertz CT molecular complexity index is 1350. The van der Waals surface area contributed by atoms with Crippen LogP contribution in [0.2, 0.25) is 0 Å². The molecule has 9 aliphatic rings. The molecule has 226 valence electrons. The van der Waals surface area contributed by atoms with Crippen LogP contribution in [0.4, 0.5) is 0 Å². The second-order valence-electron chi connectivity index (χ2n) is 14.9. The van der Waals surface area contributed by atoms with E-state index < -0.39 is 5.41 Å². The number of cyclic esters (lactones) is 1. The molecule has 0 radical (unpaired) electrons. The van der Waals surface area contributed by atoms with Crippen molar-refractivity contribution in [1.29, 1.82) is 0 Å². The maximum Gasteiger partial charge on any atom is 0.340 e. The number of allylic oxidation sites excluding steroid dienone is 5. The number of nitrogens with one attached hydrogen (secondary N) is 1. The van der Waals surface area contributed by atoms with Crippen LogP contribution >= 0.6 is 0 Å². The summed E-state index contributed by atoms with van der Waals surface area (Å²) in [6.07, 6.45) is 18.4. The van der Waals surface area contributed by atoms with Gasteiger partial charge in [-0.25, -0.2) is 9.59 Å². The number of esters is 2. The zero-order valence-corrected chi connectivity index (χ0v) is 25.6. The van der Waals surface area contributed by atoms with E-state index in [4.69, 9.17) is 15.2 Å². The number of hydrogen-bond donors (Lipinski definition) is 2. The van der Waals surface area contributed by atoms with Crippen molar-refractivity contribution in [2.45, 2.75) is 116 Å². The normalized spacial score (nSPS) is 40.9. The van der Waals surface area contributed by atoms with Crippen molar-refractivity contribution in [3.05, 3.63) is 45.5 Å². The molecule has 2 unspecified atom stereocenters. The van der Waals surface area contributed by atoms with Crippen LogP contribution in [0.15, 0.2) is 45.5 Å². The molecule has 9 rings (SSSR count). The van der Waals surface area contributed by atoms with Crippen LogP contribution in [0.25, 0.3) is 0 Å². The van der Waals surface area contributed by atoms with E-state index in [0.717, 1.165) is 99.8 Å². The Morgan fingerprint density at radius 2 is 1.83 bits per heavy atom. The molecular weight excluding hydrogens is 524 g/mol. The summed E-state index contributed by atoms with van der Waals surface area (Å²) in [4.78, 5) is 28.1. The van der Waals surface area contributed by atoms with Crippen molar-refractivity contribution in [2.75, 3.05) is 6.54 Å². The average Bonchev–Trinajstić information content (AvgIpc) is 3.69. The monoisotopic (exact) mass is 572 g/mol. The second-order valence-corrected chi connectivity index (χ2v) is 14.9. The van der Waals surface area contributed by atoms with E-state index in [1.165, 1.54) is 42.4 Å². The molecule has 42 heavy (non-hydrogen) atoms. The molecule has 6 nitrogen and oxygen atoms in total. The van der Waals surface area contributed by atoms with Gasteiger partial charge in [-0.15, -0.1) is 0 Å². The van der Waals surface area contributed by atoms with Gasteiger partial charge in [-0.1, -0.05) is 38.7 Å². The number of fused-ring (bicyclic) bond motifs is 1. The lowest BCUT2D eigenvalue weighted by atomic mass is 9.43. The molecule has 6 aliphatic carbocycles. The van der Waals surface area contributed by atoms with Gasteiger partial charge in [0.05, 0.1) is 17.2 Å². The van der Waals surface area contributed by atoms with E-state index in [0.29, 0.717) is 23.7 Å².